The van der Waals surface area contributed by atoms with E-state index in [1.807, 2.05) is 0 Å². The molecule has 0 aromatic rings. The lowest BCUT2D eigenvalue weighted by atomic mass is 9.94. The fourth-order valence-electron chi connectivity index (χ4n) is 1.48. The molecule has 0 rings (SSSR count). The molecule has 0 fully saturated rings. The van der Waals surface area contributed by atoms with Gasteiger partial charge in [0.2, 0.25) is 0 Å². The maximum Gasteiger partial charge on any atom is 0.0173 e. The largest absolute Gasteiger partial charge is 0.0888 e. The highest BCUT2D eigenvalue weighted by Crippen LogP contribution is 2.25. The molecule has 0 aromatic carbocycles. The van der Waals surface area contributed by atoms with Crippen LogP contribution in [-0.4, -0.2) is 4.83 Å². The molecular weight excluding hydrogens is 212 g/mol. The summed E-state index contributed by atoms with van der Waals surface area (Å²) in [6.07, 6.45) is 5.32. The molecule has 0 bridgehead atoms. The summed E-state index contributed by atoms with van der Waals surface area (Å²) in [7, 11) is 0. The molecule has 3 atom stereocenters. The van der Waals surface area contributed by atoms with Crippen LogP contribution in [0.3, 0.4) is 0 Å². The van der Waals surface area contributed by atoms with Crippen LogP contribution in [0.15, 0.2) is 0 Å². The molecule has 0 aliphatic carbocycles. The minimum atomic E-state index is 0.726. The van der Waals surface area contributed by atoms with Crippen molar-refractivity contribution in [2.24, 2.45) is 11.8 Å². The number of hydrogen-bond acceptors (Lipinski definition) is 0. The van der Waals surface area contributed by atoms with E-state index >= 15 is 0 Å². The van der Waals surface area contributed by atoms with Gasteiger partial charge in [-0.15, -0.1) is 0 Å². The molecule has 0 aliphatic heterocycles. The molecule has 0 aliphatic rings. The van der Waals surface area contributed by atoms with E-state index in [1.54, 1.807) is 0 Å². The third-order valence-electron chi connectivity index (χ3n) is 2.67. The van der Waals surface area contributed by atoms with Gasteiger partial charge in [-0.2, -0.15) is 0 Å². The first-order chi connectivity index (χ1) is 5.61. The van der Waals surface area contributed by atoms with Gasteiger partial charge in [0, 0.05) is 4.83 Å². The molecule has 3 unspecified atom stereocenters. The van der Waals surface area contributed by atoms with Gasteiger partial charge in [-0.05, 0) is 18.3 Å². The van der Waals surface area contributed by atoms with Crippen molar-refractivity contribution in [1.29, 1.82) is 0 Å². The fourth-order valence-corrected chi connectivity index (χ4v) is 2.50. The topological polar surface area (TPSA) is 0 Å². The predicted octanol–water partition coefficient (Wildman–Crippen LogP) is 4.62. The molecule has 0 amide bonds. The van der Waals surface area contributed by atoms with Gasteiger partial charge in [0.1, 0.15) is 0 Å². The minimum absolute atomic E-state index is 0.726. The smallest absolute Gasteiger partial charge is 0.0173 e. The Morgan fingerprint density at radius 2 is 1.75 bits per heavy atom. The molecule has 0 nitrogen and oxygen atoms in total. The molecule has 0 heterocycles. The zero-order chi connectivity index (χ0) is 9.56. The van der Waals surface area contributed by atoms with Gasteiger partial charge in [-0.25, -0.2) is 0 Å². The van der Waals surface area contributed by atoms with E-state index in [0.29, 0.717) is 0 Å². The second kappa shape index (κ2) is 6.94. The highest BCUT2D eigenvalue weighted by atomic mass is 79.9. The van der Waals surface area contributed by atoms with Gasteiger partial charge < -0.3 is 0 Å². The van der Waals surface area contributed by atoms with Crippen molar-refractivity contribution < 1.29 is 0 Å². The summed E-state index contributed by atoms with van der Waals surface area (Å²) < 4.78 is 0. The van der Waals surface area contributed by atoms with Crippen molar-refractivity contribution in [3.63, 3.8) is 0 Å². The first-order valence-electron chi connectivity index (χ1n) is 5.25. The molecule has 0 saturated heterocycles. The third kappa shape index (κ3) is 5.18. The Kier molecular flexibility index (Phi) is 7.22. The van der Waals surface area contributed by atoms with Crippen molar-refractivity contribution in [2.75, 3.05) is 0 Å². The Morgan fingerprint density at radius 1 is 1.17 bits per heavy atom. The normalized spacial score (nSPS) is 18.8. The minimum Gasteiger partial charge on any atom is -0.0888 e. The van der Waals surface area contributed by atoms with Crippen LogP contribution < -0.4 is 0 Å². The Morgan fingerprint density at radius 3 is 2.17 bits per heavy atom. The van der Waals surface area contributed by atoms with E-state index in [-0.39, 0.29) is 0 Å². The molecule has 74 valence electrons. The zero-order valence-electron chi connectivity index (χ0n) is 8.94. The summed E-state index contributed by atoms with van der Waals surface area (Å²) in [5.74, 6) is 1.71. The van der Waals surface area contributed by atoms with Crippen molar-refractivity contribution in [3.05, 3.63) is 0 Å². The summed E-state index contributed by atoms with van der Waals surface area (Å²) >= 11 is 3.77. The molecule has 0 radical (unpaired) electrons. The number of rotatable bonds is 6. The van der Waals surface area contributed by atoms with Gasteiger partial charge in [-0.1, -0.05) is 62.9 Å². The maximum absolute atomic E-state index is 3.77. The lowest BCUT2D eigenvalue weighted by molar-refractivity contribution is 0.419. The van der Waals surface area contributed by atoms with Crippen LogP contribution in [0.2, 0.25) is 0 Å². The number of halogens is 1. The van der Waals surface area contributed by atoms with Crippen LogP contribution in [0.4, 0.5) is 0 Å². The van der Waals surface area contributed by atoms with E-state index in [1.165, 1.54) is 25.7 Å². The lowest BCUT2D eigenvalue weighted by Crippen LogP contribution is -2.13. The molecule has 0 spiro atoms. The van der Waals surface area contributed by atoms with Crippen LogP contribution in [0, 0.1) is 11.8 Å². The number of alkyl halides is 1. The molecule has 0 saturated carbocycles. The SMILES string of the molecule is CCCC(C)CC(Br)C(C)CC. The summed E-state index contributed by atoms with van der Waals surface area (Å²) in [6, 6.07) is 0. The van der Waals surface area contributed by atoms with Gasteiger partial charge in [0.15, 0.2) is 0 Å². The van der Waals surface area contributed by atoms with Gasteiger partial charge in [0.05, 0.1) is 0 Å². The van der Waals surface area contributed by atoms with Crippen LogP contribution in [0.5, 0.6) is 0 Å². The molecular formula is C11H23Br. The maximum atomic E-state index is 3.77. The lowest BCUT2D eigenvalue weighted by Gasteiger charge is -2.20. The summed E-state index contributed by atoms with van der Waals surface area (Å²) in [5.41, 5.74) is 0. The van der Waals surface area contributed by atoms with Crippen LogP contribution >= 0.6 is 15.9 Å². The van der Waals surface area contributed by atoms with Crippen molar-refractivity contribution >= 4 is 15.9 Å². The standard InChI is InChI=1S/C11H23Br/c1-5-7-9(3)8-11(12)10(4)6-2/h9-11H,5-8H2,1-4H3. The van der Waals surface area contributed by atoms with E-state index in [4.69, 9.17) is 0 Å². The average molecular weight is 235 g/mol. The quantitative estimate of drug-likeness (QED) is 0.589. The summed E-state index contributed by atoms with van der Waals surface area (Å²) in [5, 5.41) is 0. The summed E-state index contributed by atoms with van der Waals surface area (Å²) in [4.78, 5) is 0.726. The van der Waals surface area contributed by atoms with Crippen molar-refractivity contribution in [1.82, 2.24) is 0 Å². The molecule has 12 heavy (non-hydrogen) atoms. The van der Waals surface area contributed by atoms with Crippen LogP contribution in [0.25, 0.3) is 0 Å². The predicted molar refractivity (Wildman–Crippen MR) is 60.9 cm³/mol. The third-order valence-corrected chi connectivity index (χ3v) is 3.95. The van der Waals surface area contributed by atoms with Gasteiger partial charge in [-0.3, -0.25) is 0 Å². The van der Waals surface area contributed by atoms with Gasteiger partial charge >= 0.3 is 0 Å². The van der Waals surface area contributed by atoms with E-state index in [2.05, 4.69) is 43.6 Å². The highest BCUT2D eigenvalue weighted by molar-refractivity contribution is 9.09. The zero-order valence-corrected chi connectivity index (χ0v) is 10.5. The Balaban J connectivity index is 3.59. The first kappa shape index (κ1) is 12.5. The Bertz CT molecular complexity index is 101. The molecule has 0 N–H and O–H groups in total. The van der Waals surface area contributed by atoms with Gasteiger partial charge in [0.25, 0.3) is 0 Å². The second-order valence-electron chi connectivity index (χ2n) is 4.03. The van der Waals surface area contributed by atoms with E-state index < -0.39 is 0 Å². The van der Waals surface area contributed by atoms with E-state index in [0.717, 1.165) is 16.7 Å². The van der Waals surface area contributed by atoms with Crippen LogP contribution in [-0.2, 0) is 0 Å². The van der Waals surface area contributed by atoms with E-state index in [9.17, 15) is 0 Å². The Hall–Kier alpha value is 0.480. The number of hydrogen-bond donors (Lipinski definition) is 0. The molecule has 1 heteroatoms. The van der Waals surface area contributed by atoms with Crippen molar-refractivity contribution in [3.8, 4) is 0 Å². The fraction of sp³-hybridized carbons (Fsp3) is 1.00. The second-order valence-corrected chi connectivity index (χ2v) is 5.21. The monoisotopic (exact) mass is 234 g/mol. The van der Waals surface area contributed by atoms with Crippen LogP contribution in [0.1, 0.15) is 53.4 Å². The molecule has 0 aromatic heterocycles. The first-order valence-corrected chi connectivity index (χ1v) is 6.17. The Labute approximate surface area is 86.3 Å². The average Bonchev–Trinajstić information content (AvgIpc) is 2.03. The highest BCUT2D eigenvalue weighted by Gasteiger charge is 2.14. The van der Waals surface area contributed by atoms with Crippen molar-refractivity contribution in [2.45, 2.75) is 58.2 Å². The summed E-state index contributed by atoms with van der Waals surface area (Å²) in [6.45, 7) is 9.23.